The number of carbonyl (C=O) groups is 2. The number of hydrogen-bond acceptors (Lipinski definition) is 15. The van der Waals surface area contributed by atoms with Gasteiger partial charge in [-0.2, -0.15) is 0 Å². The summed E-state index contributed by atoms with van der Waals surface area (Å²) in [6.45, 7) is 11.7. The molecular weight excluding hydrogens is 694 g/mol. The average Bonchev–Trinajstić information content (AvgIpc) is 3.72. The van der Waals surface area contributed by atoms with Crippen molar-refractivity contribution in [3.8, 4) is 5.88 Å². The summed E-state index contributed by atoms with van der Waals surface area (Å²) in [4.78, 5) is 39.1. The lowest BCUT2D eigenvalue weighted by atomic mass is 9.91. The minimum absolute atomic E-state index is 0.0499. The molecule has 5 rings (SSSR count). The summed E-state index contributed by atoms with van der Waals surface area (Å²) in [6.07, 6.45) is 6.82. The number of fused-ring (bicyclic) bond motifs is 3. The largest absolute Gasteiger partial charge is 0.474 e. The van der Waals surface area contributed by atoms with Gasteiger partial charge in [0.15, 0.2) is 0 Å². The summed E-state index contributed by atoms with van der Waals surface area (Å²) in [6, 6.07) is 0.575. The molecular formula is C36H57N5O10S. The Morgan fingerprint density at radius 1 is 0.885 bits per heavy atom. The van der Waals surface area contributed by atoms with Crippen molar-refractivity contribution in [3.05, 3.63) is 16.8 Å². The maximum atomic E-state index is 11.5. The number of carbonyl (C=O) groups excluding carboxylic acids is 2. The van der Waals surface area contributed by atoms with Gasteiger partial charge in [0.25, 0.3) is 0 Å². The number of nitrogens with zero attached hydrogens (tertiary/aromatic N) is 4. The van der Waals surface area contributed by atoms with Crippen molar-refractivity contribution in [1.82, 2.24) is 19.8 Å². The lowest BCUT2D eigenvalue weighted by Crippen LogP contribution is -2.52. The first kappa shape index (κ1) is 40.6. The monoisotopic (exact) mass is 751 g/mol. The predicted molar refractivity (Wildman–Crippen MR) is 194 cm³/mol. The first-order valence-electron chi connectivity index (χ1n) is 18.8. The van der Waals surface area contributed by atoms with E-state index >= 15 is 0 Å². The van der Waals surface area contributed by atoms with Crippen LogP contribution >= 0.6 is 11.3 Å². The fourth-order valence-electron chi connectivity index (χ4n) is 7.22. The van der Waals surface area contributed by atoms with Gasteiger partial charge in [-0.05, 0) is 63.4 Å². The van der Waals surface area contributed by atoms with Crippen LogP contribution in [0.3, 0.4) is 0 Å². The van der Waals surface area contributed by atoms with Crippen molar-refractivity contribution < 1.29 is 47.9 Å². The Bertz CT molecular complexity index is 1370. The maximum Gasteiger partial charge on any atom is 0.332 e. The van der Waals surface area contributed by atoms with E-state index in [2.05, 4.69) is 19.8 Å². The van der Waals surface area contributed by atoms with Crippen LogP contribution < -0.4 is 10.5 Å². The van der Waals surface area contributed by atoms with Gasteiger partial charge in [-0.1, -0.05) is 0 Å². The van der Waals surface area contributed by atoms with Crippen LogP contribution in [0.25, 0.3) is 10.2 Å². The number of piperazine rings is 1. The number of aromatic nitrogens is 2. The average molecular weight is 752 g/mol. The molecule has 1 amide bonds. The van der Waals surface area contributed by atoms with Gasteiger partial charge in [0.05, 0.1) is 71.5 Å². The Hall–Kier alpha value is -2.54. The molecule has 15 nitrogen and oxygen atoms in total. The molecule has 1 saturated carbocycles. The van der Waals surface area contributed by atoms with Gasteiger partial charge in [0.1, 0.15) is 30.0 Å². The standard InChI is InChI=1S/C36H57N5O10S/c1-2-50-31(43)24-49-22-21-48-20-19-47-18-17-46-16-15-45-14-13-40-9-11-41(12-10-40)27-4-6-28(7-5-27)51-35-33-32-26(23-29(42)34(37)44)3-8-30(32)52-36(33)39-25-38-35/h25-29,42H,2-24H2,1H3,(H2,37,44)/t26-,27?,28?,29+/m1/s1. The molecule has 0 radical (unpaired) electrons. The van der Waals surface area contributed by atoms with Gasteiger partial charge < -0.3 is 44.0 Å². The smallest absolute Gasteiger partial charge is 0.332 e. The molecule has 3 aliphatic rings. The minimum Gasteiger partial charge on any atom is -0.474 e. The number of aliphatic hydroxyl groups excluding tert-OH is 1. The molecule has 16 heteroatoms. The predicted octanol–water partition coefficient (Wildman–Crippen LogP) is 1.91. The van der Waals surface area contributed by atoms with E-state index < -0.39 is 12.0 Å². The fraction of sp³-hybridized carbons (Fsp3) is 0.778. The molecule has 2 aromatic rings. The van der Waals surface area contributed by atoms with Crippen LogP contribution in [0.5, 0.6) is 5.88 Å². The number of nitrogens with two attached hydrogens (primary N) is 1. The molecule has 2 aromatic heterocycles. The Balaban J connectivity index is 0.874. The summed E-state index contributed by atoms with van der Waals surface area (Å²) >= 11 is 1.67. The van der Waals surface area contributed by atoms with E-state index in [-0.39, 0.29) is 24.6 Å². The number of esters is 1. The Kier molecular flexibility index (Phi) is 17.2. The van der Waals surface area contributed by atoms with Crippen LogP contribution in [0.1, 0.15) is 61.8 Å². The zero-order valence-corrected chi connectivity index (χ0v) is 31.4. The highest BCUT2D eigenvalue weighted by Gasteiger charge is 2.34. The van der Waals surface area contributed by atoms with Crippen LogP contribution in [0.4, 0.5) is 0 Å². The number of primary amides is 1. The maximum absolute atomic E-state index is 11.5. The van der Waals surface area contributed by atoms with E-state index in [0.717, 1.165) is 87.0 Å². The SMILES string of the molecule is CCOC(=O)COCCOCCOCCOCCOCCN1CCN(C2CCC(Oc3ncnc4sc5c(c34)[C@@H](C[C@H](O)C(N)=O)CC5)CC2)CC1. The van der Waals surface area contributed by atoms with Gasteiger partial charge in [0, 0.05) is 43.6 Å². The van der Waals surface area contributed by atoms with Gasteiger partial charge in [0.2, 0.25) is 11.8 Å². The molecule has 1 saturated heterocycles. The minimum atomic E-state index is -1.16. The quantitative estimate of drug-likeness (QED) is 0.117. The highest BCUT2D eigenvalue weighted by atomic mass is 32.1. The number of thiophene rings is 1. The van der Waals surface area contributed by atoms with Crippen molar-refractivity contribution in [2.24, 2.45) is 5.73 Å². The molecule has 0 unspecified atom stereocenters. The van der Waals surface area contributed by atoms with E-state index in [1.807, 2.05) is 0 Å². The van der Waals surface area contributed by atoms with Crippen molar-refractivity contribution >= 4 is 33.4 Å². The van der Waals surface area contributed by atoms with Gasteiger partial charge in [-0.3, -0.25) is 14.6 Å². The third-order valence-electron chi connectivity index (χ3n) is 9.94. The van der Waals surface area contributed by atoms with Crippen molar-refractivity contribution in [2.75, 3.05) is 105 Å². The van der Waals surface area contributed by atoms with Gasteiger partial charge >= 0.3 is 5.97 Å². The second kappa shape index (κ2) is 22.0. The molecule has 3 N–H and O–H groups in total. The van der Waals surface area contributed by atoms with E-state index in [4.69, 9.17) is 38.9 Å². The molecule has 2 fully saturated rings. The molecule has 1 aliphatic heterocycles. The molecule has 0 aromatic carbocycles. The first-order valence-corrected chi connectivity index (χ1v) is 19.7. The highest BCUT2D eigenvalue weighted by molar-refractivity contribution is 7.19. The third kappa shape index (κ3) is 12.5. The van der Waals surface area contributed by atoms with Gasteiger partial charge in [-0.15, -0.1) is 11.3 Å². The molecule has 0 bridgehead atoms. The molecule has 2 aliphatic carbocycles. The van der Waals surface area contributed by atoms with Crippen molar-refractivity contribution in [2.45, 2.75) is 76.0 Å². The summed E-state index contributed by atoms with van der Waals surface area (Å²) < 4.78 is 38.8. The lowest BCUT2D eigenvalue weighted by Gasteiger charge is -2.41. The second-order valence-corrected chi connectivity index (χ2v) is 14.5. The van der Waals surface area contributed by atoms with Crippen LogP contribution in [-0.4, -0.2) is 160 Å². The van der Waals surface area contributed by atoms with Crippen LogP contribution in [-0.2, 0) is 44.4 Å². The number of ether oxygens (including phenoxy) is 7. The molecule has 292 valence electrons. The normalized spacial score (nSPS) is 21.7. The third-order valence-corrected chi connectivity index (χ3v) is 11.1. The van der Waals surface area contributed by atoms with Crippen LogP contribution in [0.15, 0.2) is 6.33 Å². The first-order chi connectivity index (χ1) is 25.4. The molecule has 0 spiro atoms. The molecule has 3 heterocycles. The highest BCUT2D eigenvalue weighted by Crippen LogP contribution is 2.47. The number of aryl methyl sites for hydroxylation is 1. The second-order valence-electron chi connectivity index (χ2n) is 13.4. The number of hydrogen-bond donors (Lipinski definition) is 2. The van der Waals surface area contributed by atoms with E-state index in [1.165, 1.54) is 4.88 Å². The summed E-state index contributed by atoms with van der Waals surface area (Å²) in [5, 5.41) is 11.1. The Labute approximate surface area is 310 Å². The summed E-state index contributed by atoms with van der Waals surface area (Å²) in [5.74, 6) is -0.366. The fourth-order valence-corrected chi connectivity index (χ4v) is 8.45. The van der Waals surface area contributed by atoms with E-state index in [0.29, 0.717) is 84.4 Å². The zero-order chi connectivity index (χ0) is 36.5. The molecule has 52 heavy (non-hydrogen) atoms. The molecule has 2 atom stereocenters. The van der Waals surface area contributed by atoms with Gasteiger partial charge in [-0.25, -0.2) is 14.8 Å². The van der Waals surface area contributed by atoms with E-state index in [9.17, 15) is 14.7 Å². The Morgan fingerprint density at radius 3 is 2.15 bits per heavy atom. The summed E-state index contributed by atoms with van der Waals surface area (Å²) in [7, 11) is 0. The van der Waals surface area contributed by atoms with Crippen molar-refractivity contribution in [3.63, 3.8) is 0 Å². The number of rotatable bonds is 24. The Morgan fingerprint density at radius 2 is 1.52 bits per heavy atom. The number of amides is 1. The van der Waals surface area contributed by atoms with Crippen molar-refractivity contribution in [1.29, 1.82) is 0 Å². The zero-order valence-electron chi connectivity index (χ0n) is 30.5. The summed E-state index contributed by atoms with van der Waals surface area (Å²) in [5.41, 5.74) is 6.49. The topological polar surface area (TPSA) is 177 Å². The van der Waals surface area contributed by atoms with Crippen LogP contribution in [0.2, 0.25) is 0 Å². The number of aliphatic hydroxyl groups is 1. The van der Waals surface area contributed by atoms with E-state index in [1.54, 1.807) is 24.6 Å². The van der Waals surface area contributed by atoms with Crippen LogP contribution in [0, 0.1) is 0 Å². The lowest BCUT2D eigenvalue weighted by molar-refractivity contribution is -0.149.